The molecule has 6 heteroatoms. The first kappa shape index (κ1) is 14.0. The summed E-state index contributed by atoms with van der Waals surface area (Å²) in [4.78, 5) is 16.8. The van der Waals surface area contributed by atoms with Gasteiger partial charge < -0.3 is 10.4 Å². The Labute approximate surface area is 133 Å². The molecule has 0 spiro atoms. The van der Waals surface area contributed by atoms with Gasteiger partial charge in [-0.25, -0.2) is 9.66 Å². The van der Waals surface area contributed by atoms with Gasteiger partial charge in [0.05, 0.1) is 11.2 Å². The van der Waals surface area contributed by atoms with E-state index in [9.17, 15) is 4.79 Å². The van der Waals surface area contributed by atoms with E-state index in [1.54, 1.807) is 11.6 Å². The summed E-state index contributed by atoms with van der Waals surface area (Å²) in [6, 6.07) is 3.83. The van der Waals surface area contributed by atoms with Gasteiger partial charge in [-0.05, 0) is 51.3 Å². The minimum Gasteiger partial charge on any atom is -0.361 e. The number of nitrogen functional groups attached to an aromatic ring is 1. The molecular weight excluding hydrogens is 292 g/mol. The second-order valence-electron chi connectivity index (χ2n) is 6.26. The van der Waals surface area contributed by atoms with Crippen molar-refractivity contribution in [1.29, 1.82) is 0 Å². The molecule has 1 aromatic carbocycles. The Kier molecular flexibility index (Phi) is 2.85. The van der Waals surface area contributed by atoms with Gasteiger partial charge in [0.25, 0.3) is 0 Å². The standard InChI is InChI=1S/C17H18N4O2/c1-8-15(10(3)23-20-8)12-6-13(9(2)22)16-14(7-12)21(18)17(19-16)11-4-5-11/h6-7,11H,4-5,18H2,1-3H3. The summed E-state index contributed by atoms with van der Waals surface area (Å²) < 4.78 is 6.88. The number of benzene rings is 1. The lowest BCUT2D eigenvalue weighted by atomic mass is 9.99. The second-order valence-corrected chi connectivity index (χ2v) is 6.26. The SMILES string of the molecule is CC(=O)c1cc(-c2c(C)noc2C)cc2c1nc(C1CC1)n2N. The van der Waals surface area contributed by atoms with Crippen LogP contribution in [0.15, 0.2) is 16.7 Å². The topological polar surface area (TPSA) is 86.9 Å². The molecule has 0 bridgehead atoms. The normalized spacial score (nSPS) is 14.6. The van der Waals surface area contributed by atoms with Crippen molar-refractivity contribution in [3.05, 3.63) is 35.0 Å². The number of nitrogens with two attached hydrogens (primary N) is 1. The van der Waals surface area contributed by atoms with Crippen molar-refractivity contribution in [3.63, 3.8) is 0 Å². The number of carbonyl (C=O) groups is 1. The molecule has 1 saturated carbocycles. The molecule has 1 fully saturated rings. The predicted molar refractivity (Wildman–Crippen MR) is 86.8 cm³/mol. The molecule has 0 aliphatic heterocycles. The fraction of sp³-hybridized carbons (Fsp3) is 0.353. The quantitative estimate of drug-likeness (QED) is 0.593. The van der Waals surface area contributed by atoms with Gasteiger partial charge >= 0.3 is 0 Å². The van der Waals surface area contributed by atoms with Crippen LogP contribution in [-0.4, -0.2) is 20.6 Å². The average molecular weight is 310 g/mol. The molecule has 1 aliphatic carbocycles. The number of carbonyl (C=O) groups excluding carboxylic acids is 1. The third-order valence-corrected chi connectivity index (χ3v) is 4.47. The lowest BCUT2D eigenvalue weighted by Crippen LogP contribution is -2.11. The summed E-state index contributed by atoms with van der Waals surface area (Å²) in [5, 5.41) is 4.00. The van der Waals surface area contributed by atoms with E-state index in [0.29, 0.717) is 17.0 Å². The Morgan fingerprint density at radius 2 is 2.09 bits per heavy atom. The highest BCUT2D eigenvalue weighted by Gasteiger charge is 2.30. The van der Waals surface area contributed by atoms with E-state index in [1.807, 2.05) is 26.0 Å². The zero-order chi connectivity index (χ0) is 16.3. The summed E-state index contributed by atoms with van der Waals surface area (Å²) in [7, 11) is 0. The van der Waals surface area contributed by atoms with Gasteiger partial charge in [-0.2, -0.15) is 0 Å². The molecule has 118 valence electrons. The van der Waals surface area contributed by atoms with E-state index in [4.69, 9.17) is 10.4 Å². The van der Waals surface area contributed by atoms with Gasteiger partial charge in [-0.3, -0.25) is 4.79 Å². The molecule has 2 aromatic heterocycles. The number of imidazole rings is 1. The van der Waals surface area contributed by atoms with Gasteiger partial charge in [-0.1, -0.05) is 5.16 Å². The van der Waals surface area contributed by atoms with Crippen molar-refractivity contribution in [2.24, 2.45) is 0 Å². The number of hydrogen-bond donors (Lipinski definition) is 1. The lowest BCUT2D eigenvalue weighted by molar-refractivity contribution is 0.101. The molecule has 3 aromatic rings. The maximum atomic E-state index is 12.1. The van der Waals surface area contributed by atoms with Gasteiger partial charge in [0.2, 0.25) is 0 Å². The van der Waals surface area contributed by atoms with E-state index in [2.05, 4.69) is 10.1 Å². The van der Waals surface area contributed by atoms with Gasteiger partial charge in [0.1, 0.15) is 17.1 Å². The zero-order valence-electron chi connectivity index (χ0n) is 13.4. The molecule has 0 unspecified atom stereocenters. The first-order valence-corrected chi connectivity index (χ1v) is 7.73. The highest BCUT2D eigenvalue weighted by Crippen LogP contribution is 2.41. The smallest absolute Gasteiger partial charge is 0.162 e. The third kappa shape index (κ3) is 2.05. The molecule has 2 heterocycles. The maximum absolute atomic E-state index is 12.1. The van der Waals surface area contributed by atoms with E-state index in [-0.39, 0.29) is 5.78 Å². The average Bonchev–Trinajstić information content (AvgIpc) is 3.22. The van der Waals surface area contributed by atoms with E-state index >= 15 is 0 Å². The first-order chi connectivity index (χ1) is 11.0. The maximum Gasteiger partial charge on any atom is 0.162 e. The molecular formula is C17H18N4O2. The largest absolute Gasteiger partial charge is 0.361 e. The number of Topliss-reactive ketones (excluding diaryl/α,β-unsaturated/α-hetero) is 1. The van der Waals surface area contributed by atoms with Crippen LogP contribution in [0.1, 0.15) is 53.3 Å². The number of rotatable bonds is 3. The number of nitrogens with zero attached hydrogens (tertiary/aromatic N) is 3. The molecule has 0 amide bonds. The fourth-order valence-electron chi connectivity index (χ4n) is 3.15. The number of hydrogen-bond acceptors (Lipinski definition) is 5. The van der Waals surface area contributed by atoms with Crippen LogP contribution in [0.2, 0.25) is 0 Å². The van der Waals surface area contributed by atoms with Crippen molar-refractivity contribution in [2.75, 3.05) is 5.84 Å². The summed E-state index contributed by atoms with van der Waals surface area (Å²) in [6.45, 7) is 5.30. The van der Waals surface area contributed by atoms with Crippen LogP contribution >= 0.6 is 0 Å². The van der Waals surface area contributed by atoms with Crippen LogP contribution < -0.4 is 5.84 Å². The predicted octanol–water partition coefficient (Wildman–Crippen LogP) is 3.10. The molecule has 4 rings (SSSR count). The fourth-order valence-corrected chi connectivity index (χ4v) is 3.15. The number of aryl methyl sites for hydroxylation is 2. The van der Waals surface area contributed by atoms with E-state index in [0.717, 1.165) is 46.8 Å². The van der Waals surface area contributed by atoms with Crippen molar-refractivity contribution >= 4 is 16.8 Å². The van der Waals surface area contributed by atoms with Gasteiger partial charge in [0.15, 0.2) is 5.78 Å². The Bertz CT molecular complexity index is 928. The van der Waals surface area contributed by atoms with Crippen LogP contribution in [0.3, 0.4) is 0 Å². The third-order valence-electron chi connectivity index (χ3n) is 4.47. The van der Waals surface area contributed by atoms with Crippen LogP contribution in [0.25, 0.3) is 22.2 Å². The molecule has 2 N–H and O–H groups in total. The Hall–Kier alpha value is -2.63. The van der Waals surface area contributed by atoms with E-state index in [1.165, 1.54) is 0 Å². The molecule has 1 aliphatic rings. The Morgan fingerprint density at radius 1 is 1.35 bits per heavy atom. The number of aromatic nitrogens is 3. The second kappa shape index (κ2) is 4.68. The molecule has 0 atom stereocenters. The highest BCUT2D eigenvalue weighted by molar-refractivity contribution is 6.07. The monoisotopic (exact) mass is 310 g/mol. The molecule has 0 radical (unpaired) electrons. The minimum absolute atomic E-state index is 0.0240. The highest BCUT2D eigenvalue weighted by atomic mass is 16.5. The summed E-state index contributed by atoms with van der Waals surface area (Å²) in [5.74, 6) is 8.22. The van der Waals surface area contributed by atoms with Crippen molar-refractivity contribution < 1.29 is 9.32 Å². The van der Waals surface area contributed by atoms with Crippen LogP contribution in [0.4, 0.5) is 0 Å². The zero-order valence-corrected chi connectivity index (χ0v) is 13.4. The van der Waals surface area contributed by atoms with Crippen molar-refractivity contribution in [3.8, 4) is 11.1 Å². The van der Waals surface area contributed by atoms with Crippen molar-refractivity contribution in [2.45, 2.75) is 39.5 Å². The minimum atomic E-state index is -0.0240. The molecule has 23 heavy (non-hydrogen) atoms. The van der Waals surface area contributed by atoms with Gasteiger partial charge in [0, 0.05) is 17.0 Å². The molecule has 6 nitrogen and oxygen atoms in total. The number of fused-ring (bicyclic) bond motifs is 1. The van der Waals surface area contributed by atoms with Gasteiger partial charge in [-0.15, -0.1) is 0 Å². The molecule has 0 saturated heterocycles. The van der Waals surface area contributed by atoms with Crippen molar-refractivity contribution in [1.82, 2.24) is 14.8 Å². The van der Waals surface area contributed by atoms with E-state index < -0.39 is 0 Å². The summed E-state index contributed by atoms with van der Waals surface area (Å²) in [6.07, 6.45) is 2.21. The van der Waals surface area contributed by atoms with Crippen LogP contribution in [0, 0.1) is 13.8 Å². The van der Waals surface area contributed by atoms with Crippen LogP contribution in [-0.2, 0) is 0 Å². The summed E-state index contributed by atoms with van der Waals surface area (Å²) >= 11 is 0. The Balaban J connectivity index is 2.04. The summed E-state index contributed by atoms with van der Waals surface area (Å²) in [5.41, 5.74) is 4.62. The number of ketones is 1. The lowest BCUT2D eigenvalue weighted by Gasteiger charge is -2.06. The Morgan fingerprint density at radius 3 is 2.65 bits per heavy atom. The van der Waals surface area contributed by atoms with Crippen LogP contribution in [0.5, 0.6) is 0 Å². The first-order valence-electron chi connectivity index (χ1n) is 7.73.